The van der Waals surface area contributed by atoms with E-state index >= 15 is 0 Å². The van der Waals surface area contributed by atoms with Gasteiger partial charge in [-0.1, -0.05) is 77.8 Å². The molecule has 0 spiro atoms. The first kappa shape index (κ1) is 16.2. The van der Waals surface area contributed by atoms with Crippen molar-refractivity contribution < 1.29 is 0 Å². The Morgan fingerprint density at radius 2 is 1.70 bits per heavy atom. The lowest BCUT2D eigenvalue weighted by atomic mass is 10.1. The quantitative estimate of drug-likeness (QED) is 0.546. The van der Waals surface area contributed by atoms with Crippen LogP contribution in [0.3, 0.4) is 0 Å². The van der Waals surface area contributed by atoms with Crippen molar-refractivity contribution in [2.45, 2.75) is 20.2 Å². The molecule has 0 bridgehead atoms. The lowest BCUT2D eigenvalue weighted by molar-refractivity contribution is 0.953. The van der Waals surface area contributed by atoms with Gasteiger partial charge in [0, 0.05) is 17.7 Å². The Balaban J connectivity index is 1.51. The Morgan fingerprint density at radius 3 is 2.35 bits per heavy atom. The fourth-order valence-corrected chi connectivity index (χ4v) is 4.72. The van der Waals surface area contributed by atoms with E-state index in [0.29, 0.717) is 0 Å². The smallest absolute Gasteiger partial charge is 0.175 e. The first-order valence-electron chi connectivity index (χ1n) is 7.04. The molecule has 3 nitrogen and oxygen atoms in total. The van der Waals surface area contributed by atoms with Gasteiger partial charge in [0.1, 0.15) is 0 Å². The molecule has 0 atom stereocenters. The van der Waals surface area contributed by atoms with Crippen molar-refractivity contribution in [3.63, 3.8) is 0 Å². The van der Waals surface area contributed by atoms with Gasteiger partial charge in [0.25, 0.3) is 0 Å². The summed E-state index contributed by atoms with van der Waals surface area (Å²) in [6.07, 6.45) is 3.67. The van der Waals surface area contributed by atoms with Gasteiger partial charge in [-0.25, -0.2) is 0 Å². The normalized spacial score (nSPS) is 10.6. The average molecular weight is 358 g/mol. The minimum Gasteiger partial charge on any atom is -0.260 e. The van der Waals surface area contributed by atoms with Gasteiger partial charge in [0.2, 0.25) is 0 Å². The van der Waals surface area contributed by atoms with E-state index in [-0.39, 0.29) is 0 Å². The maximum Gasteiger partial charge on any atom is 0.175 e. The molecule has 0 saturated carbocycles. The average Bonchev–Trinajstić information content (AvgIpc) is 3.07. The second kappa shape index (κ2) is 8.29. The highest BCUT2D eigenvalue weighted by molar-refractivity contribution is 8.02. The zero-order valence-electron chi connectivity index (χ0n) is 12.4. The van der Waals surface area contributed by atoms with E-state index in [1.165, 1.54) is 5.56 Å². The number of benzene rings is 1. The second-order valence-electron chi connectivity index (χ2n) is 4.68. The van der Waals surface area contributed by atoms with E-state index in [9.17, 15) is 0 Å². The number of hydrogen-bond acceptors (Lipinski definition) is 6. The first-order chi connectivity index (χ1) is 11.3. The largest absolute Gasteiger partial charge is 0.260 e. The standard InChI is InChI=1S/C17H15N3S3/c1-2-13-6-8-14(9-7-13)11-21-16-19-20-17(23-16)22-12-15-5-3-4-10-18-15/h2-10H,1,11-12H2. The summed E-state index contributed by atoms with van der Waals surface area (Å²) in [5.74, 6) is 1.72. The van der Waals surface area contributed by atoms with Crippen molar-refractivity contribution in [3.05, 3.63) is 72.1 Å². The van der Waals surface area contributed by atoms with Crippen molar-refractivity contribution in [2.24, 2.45) is 0 Å². The molecule has 3 rings (SSSR count). The summed E-state index contributed by atoms with van der Waals surface area (Å²) in [5.41, 5.74) is 3.48. The van der Waals surface area contributed by atoms with Crippen LogP contribution >= 0.6 is 34.9 Å². The second-order valence-corrected chi connectivity index (χ2v) is 8.10. The van der Waals surface area contributed by atoms with Gasteiger partial charge in [0.15, 0.2) is 8.68 Å². The Hall–Kier alpha value is -1.63. The minimum atomic E-state index is 0.823. The number of pyridine rings is 1. The Labute approximate surface area is 148 Å². The van der Waals surface area contributed by atoms with Gasteiger partial charge in [-0.2, -0.15) is 0 Å². The molecule has 0 radical (unpaired) electrons. The van der Waals surface area contributed by atoms with Crippen LogP contribution in [0.2, 0.25) is 0 Å². The molecule has 0 unspecified atom stereocenters. The summed E-state index contributed by atoms with van der Waals surface area (Å²) in [6, 6.07) is 14.4. The van der Waals surface area contributed by atoms with Crippen LogP contribution in [-0.4, -0.2) is 15.2 Å². The summed E-state index contributed by atoms with van der Waals surface area (Å²) in [7, 11) is 0. The molecular formula is C17H15N3S3. The van der Waals surface area contributed by atoms with Gasteiger partial charge in [-0.15, -0.1) is 10.2 Å². The summed E-state index contributed by atoms with van der Waals surface area (Å²) in [6.45, 7) is 3.77. The van der Waals surface area contributed by atoms with Crippen LogP contribution in [0.1, 0.15) is 16.8 Å². The Kier molecular flexibility index (Phi) is 5.85. The molecule has 0 aliphatic heterocycles. The van der Waals surface area contributed by atoms with E-state index in [1.54, 1.807) is 34.9 Å². The third kappa shape index (κ3) is 4.92. The zero-order chi connectivity index (χ0) is 15.9. The predicted molar refractivity (Wildman–Crippen MR) is 99.8 cm³/mol. The van der Waals surface area contributed by atoms with E-state index < -0.39 is 0 Å². The van der Waals surface area contributed by atoms with Crippen LogP contribution in [-0.2, 0) is 11.5 Å². The molecule has 116 valence electrons. The maximum atomic E-state index is 4.31. The number of rotatable bonds is 7. The molecule has 2 aromatic heterocycles. The highest BCUT2D eigenvalue weighted by Crippen LogP contribution is 2.31. The van der Waals surface area contributed by atoms with Crippen LogP contribution in [0.5, 0.6) is 0 Å². The maximum absolute atomic E-state index is 4.31. The molecule has 23 heavy (non-hydrogen) atoms. The summed E-state index contributed by atoms with van der Waals surface area (Å²) < 4.78 is 1.99. The third-order valence-electron chi connectivity index (χ3n) is 3.04. The number of aromatic nitrogens is 3. The monoisotopic (exact) mass is 357 g/mol. The minimum absolute atomic E-state index is 0.823. The van der Waals surface area contributed by atoms with Crippen molar-refractivity contribution in [1.82, 2.24) is 15.2 Å². The summed E-state index contributed by atoms with van der Waals surface area (Å²) >= 11 is 5.04. The van der Waals surface area contributed by atoms with E-state index in [0.717, 1.165) is 31.4 Å². The van der Waals surface area contributed by atoms with Crippen LogP contribution in [0, 0.1) is 0 Å². The molecule has 0 fully saturated rings. The fourth-order valence-electron chi connectivity index (χ4n) is 1.83. The van der Waals surface area contributed by atoms with Crippen LogP contribution in [0.25, 0.3) is 6.08 Å². The molecule has 0 amide bonds. The van der Waals surface area contributed by atoms with Crippen molar-refractivity contribution >= 4 is 40.9 Å². The van der Waals surface area contributed by atoms with Crippen molar-refractivity contribution in [2.75, 3.05) is 0 Å². The molecule has 1 aromatic carbocycles. The fraction of sp³-hybridized carbons (Fsp3) is 0.118. The molecule has 3 aromatic rings. The highest BCUT2D eigenvalue weighted by atomic mass is 32.2. The lowest BCUT2D eigenvalue weighted by Gasteiger charge is -1.99. The molecule has 0 aliphatic rings. The number of nitrogens with zero attached hydrogens (tertiary/aromatic N) is 3. The third-order valence-corrected chi connectivity index (χ3v) is 6.33. The van der Waals surface area contributed by atoms with E-state index in [4.69, 9.17) is 0 Å². The van der Waals surface area contributed by atoms with Crippen LogP contribution in [0.15, 0.2) is 63.9 Å². The topological polar surface area (TPSA) is 38.7 Å². The zero-order valence-corrected chi connectivity index (χ0v) is 14.8. The number of thioether (sulfide) groups is 2. The summed E-state index contributed by atoms with van der Waals surface area (Å²) in [4.78, 5) is 4.31. The number of hydrogen-bond donors (Lipinski definition) is 0. The van der Waals surface area contributed by atoms with Crippen molar-refractivity contribution in [3.8, 4) is 0 Å². The Morgan fingerprint density at radius 1 is 0.957 bits per heavy atom. The van der Waals surface area contributed by atoms with Gasteiger partial charge in [-0.05, 0) is 23.3 Å². The van der Waals surface area contributed by atoms with Gasteiger partial charge in [0.05, 0.1) is 5.69 Å². The van der Waals surface area contributed by atoms with Crippen molar-refractivity contribution in [1.29, 1.82) is 0 Å². The van der Waals surface area contributed by atoms with Gasteiger partial charge < -0.3 is 0 Å². The molecule has 0 saturated heterocycles. The molecule has 0 aliphatic carbocycles. The van der Waals surface area contributed by atoms with Gasteiger partial charge >= 0.3 is 0 Å². The predicted octanol–water partition coefficient (Wildman–Crippen LogP) is 5.16. The van der Waals surface area contributed by atoms with E-state index in [1.807, 2.05) is 30.5 Å². The van der Waals surface area contributed by atoms with Crippen LogP contribution in [0.4, 0.5) is 0 Å². The summed E-state index contributed by atoms with van der Waals surface area (Å²) in [5, 5.41) is 8.49. The molecule has 2 heterocycles. The SMILES string of the molecule is C=Cc1ccc(CSc2nnc(SCc3ccccn3)s2)cc1. The van der Waals surface area contributed by atoms with E-state index in [2.05, 4.69) is 46.0 Å². The first-order valence-corrected chi connectivity index (χ1v) is 9.82. The highest BCUT2D eigenvalue weighted by Gasteiger charge is 2.06. The Bertz CT molecular complexity index is 754. The molecule has 0 N–H and O–H groups in total. The van der Waals surface area contributed by atoms with Gasteiger partial charge in [-0.3, -0.25) is 4.98 Å². The van der Waals surface area contributed by atoms with Crippen LogP contribution < -0.4 is 0 Å². The molecular weight excluding hydrogens is 342 g/mol. The molecule has 6 heteroatoms. The lowest BCUT2D eigenvalue weighted by Crippen LogP contribution is -1.83.